The van der Waals surface area contributed by atoms with Crippen molar-refractivity contribution in [2.24, 2.45) is 5.73 Å². The molecule has 1 atom stereocenters. The zero-order valence-electron chi connectivity index (χ0n) is 10.7. The molecule has 1 aliphatic heterocycles. The van der Waals surface area contributed by atoms with Crippen molar-refractivity contribution in [3.05, 3.63) is 18.3 Å². The van der Waals surface area contributed by atoms with E-state index in [9.17, 15) is 8.42 Å². The molecule has 19 heavy (non-hydrogen) atoms. The molecular weight excluding hydrogens is 270 g/mol. The van der Waals surface area contributed by atoms with Gasteiger partial charge in [-0.1, -0.05) is 0 Å². The van der Waals surface area contributed by atoms with Crippen LogP contribution < -0.4 is 10.5 Å². The molecule has 0 saturated carbocycles. The van der Waals surface area contributed by atoms with E-state index in [0.29, 0.717) is 25.6 Å². The van der Waals surface area contributed by atoms with Crippen LogP contribution in [0.4, 0.5) is 0 Å². The molecule has 1 fully saturated rings. The molecule has 1 aromatic rings. The summed E-state index contributed by atoms with van der Waals surface area (Å²) in [6.45, 7) is 1.24. The second-order valence-corrected chi connectivity index (χ2v) is 6.07. The van der Waals surface area contributed by atoms with Gasteiger partial charge in [0.15, 0.2) is 0 Å². The van der Waals surface area contributed by atoms with Crippen LogP contribution in [-0.4, -0.2) is 57.2 Å². The van der Waals surface area contributed by atoms with Gasteiger partial charge in [-0.3, -0.25) is 0 Å². The number of rotatable bonds is 4. The van der Waals surface area contributed by atoms with Gasteiger partial charge >= 0.3 is 0 Å². The zero-order chi connectivity index (χ0) is 13.9. The number of pyridine rings is 1. The third-order valence-corrected chi connectivity index (χ3v) is 4.77. The summed E-state index contributed by atoms with van der Waals surface area (Å²) in [7, 11) is -2.07. The van der Waals surface area contributed by atoms with E-state index in [2.05, 4.69) is 4.98 Å². The van der Waals surface area contributed by atoms with Gasteiger partial charge in [-0.05, 0) is 6.07 Å². The quantitative estimate of drug-likeness (QED) is 0.797. The normalized spacial score (nSPS) is 21.3. The maximum Gasteiger partial charge on any atom is 0.244 e. The maximum atomic E-state index is 12.4. The first-order valence-corrected chi connectivity index (χ1v) is 7.34. The first-order chi connectivity index (χ1) is 9.07. The smallest absolute Gasteiger partial charge is 0.244 e. The van der Waals surface area contributed by atoms with Crippen LogP contribution in [0.25, 0.3) is 0 Å². The number of hydrogen-bond donors (Lipinski definition) is 1. The highest BCUT2D eigenvalue weighted by Crippen LogP contribution is 2.19. The molecule has 0 amide bonds. The molecule has 106 valence electrons. The predicted octanol–water partition coefficient (Wildman–Crippen LogP) is -0.562. The van der Waals surface area contributed by atoms with Gasteiger partial charge in [0.25, 0.3) is 0 Å². The highest BCUT2D eigenvalue weighted by Gasteiger charge is 2.30. The maximum absolute atomic E-state index is 12.4. The minimum Gasteiger partial charge on any atom is -0.481 e. The molecule has 1 aromatic heterocycles. The molecule has 2 N–H and O–H groups in total. The van der Waals surface area contributed by atoms with Crippen LogP contribution in [-0.2, 0) is 14.8 Å². The summed E-state index contributed by atoms with van der Waals surface area (Å²) >= 11 is 0. The largest absolute Gasteiger partial charge is 0.481 e. The lowest BCUT2D eigenvalue weighted by atomic mass is 10.3. The second-order valence-electron chi connectivity index (χ2n) is 4.13. The van der Waals surface area contributed by atoms with E-state index in [0.717, 1.165) is 0 Å². The van der Waals surface area contributed by atoms with Gasteiger partial charge in [-0.15, -0.1) is 0 Å². The summed E-state index contributed by atoms with van der Waals surface area (Å²) < 4.78 is 36.4. The molecule has 8 heteroatoms. The fourth-order valence-corrected chi connectivity index (χ4v) is 3.24. The Hall–Kier alpha value is -1.22. The highest BCUT2D eigenvalue weighted by atomic mass is 32.2. The Balaban J connectivity index is 2.20. The van der Waals surface area contributed by atoms with Crippen LogP contribution in [0.3, 0.4) is 0 Å². The van der Waals surface area contributed by atoms with E-state index < -0.39 is 10.0 Å². The van der Waals surface area contributed by atoms with E-state index in [4.69, 9.17) is 15.2 Å². The SMILES string of the molecule is COc1ccc(S(=O)(=O)N2CCOC(CN)C2)cn1. The number of methoxy groups -OCH3 is 1. The summed E-state index contributed by atoms with van der Waals surface area (Å²) in [5.41, 5.74) is 5.51. The summed E-state index contributed by atoms with van der Waals surface area (Å²) in [4.78, 5) is 4.06. The molecule has 0 aromatic carbocycles. The van der Waals surface area contributed by atoms with Crippen molar-refractivity contribution in [3.8, 4) is 5.88 Å². The average molecular weight is 287 g/mol. The molecule has 1 unspecified atom stereocenters. The lowest BCUT2D eigenvalue weighted by Crippen LogP contribution is -2.48. The monoisotopic (exact) mass is 287 g/mol. The van der Waals surface area contributed by atoms with Crippen molar-refractivity contribution in [1.29, 1.82) is 0 Å². The van der Waals surface area contributed by atoms with E-state index in [1.54, 1.807) is 0 Å². The summed E-state index contributed by atoms with van der Waals surface area (Å²) in [5, 5.41) is 0. The van der Waals surface area contributed by atoms with Crippen molar-refractivity contribution in [1.82, 2.24) is 9.29 Å². The molecule has 0 spiro atoms. The van der Waals surface area contributed by atoms with Crippen LogP contribution in [0, 0.1) is 0 Å². The lowest BCUT2D eigenvalue weighted by Gasteiger charge is -2.31. The van der Waals surface area contributed by atoms with Gasteiger partial charge in [0.2, 0.25) is 15.9 Å². The van der Waals surface area contributed by atoms with Gasteiger partial charge in [-0.2, -0.15) is 4.31 Å². The van der Waals surface area contributed by atoms with Crippen LogP contribution in [0.5, 0.6) is 5.88 Å². The Labute approximate surface area is 112 Å². The Morgan fingerprint density at radius 1 is 1.58 bits per heavy atom. The van der Waals surface area contributed by atoms with E-state index in [1.165, 1.54) is 29.7 Å². The Kier molecular flexibility index (Phi) is 4.35. The van der Waals surface area contributed by atoms with Crippen molar-refractivity contribution < 1.29 is 17.9 Å². The standard InChI is InChI=1S/C11H17N3O4S/c1-17-11-3-2-10(7-13-11)19(15,16)14-4-5-18-9(6-12)8-14/h2-3,7,9H,4-6,8,12H2,1H3. The van der Waals surface area contributed by atoms with Gasteiger partial charge in [0.1, 0.15) is 4.90 Å². The molecule has 1 saturated heterocycles. The molecule has 1 aliphatic rings. The number of sulfonamides is 1. The Morgan fingerprint density at radius 3 is 2.95 bits per heavy atom. The molecule has 0 aliphatic carbocycles. The minimum atomic E-state index is -3.55. The fourth-order valence-electron chi connectivity index (χ4n) is 1.84. The van der Waals surface area contributed by atoms with Crippen molar-refractivity contribution >= 4 is 10.0 Å². The number of morpholine rings is 1. The number of hydrogen-bond acceptors (Lipinski definition) is 6. The Morgan fingerprint density at radius 2 is 2.37 bits per heavy atom. The molecule has 7 nitrogen and oxygen atoms in total. The van der Waals surface area contributed by atoms with Crippen molar-refractivity contribution in [2.45, 2.75) is 11.0 Å². The fraction of sp³-hybridized carbons (Fsp3) is 0.545. The average Bonchev–Trinajstić information content (AvgIpc) is 2.47. The summed E-state index contributed by atoms with van der Waals surface area (Å²) in [6.07, 6.45) is 1.04. The topological polar surface area (TPSA) is 94.8 Å². The van der Waals surface area contributed by atoms with Crippen molar-refractivity contribution in [3.63, 3.8) is 0 Å². The molecule has 0 radical (unpaired) electrons. The molecule has 2 rings (SSSR count). The highest BCUT2D eigenvalue weighted by molar-refractivity contribution is 7.89. The molecule has 0 bridgehead atoms. The molecule has 2 heterocycles. The van der Waals surface area contributed by atoms with Crippen LogP contribution in [0.1, 0.15) is 0 Å². The third kappa shape index (κ3) is 3.03. The first kappa shape index (κ1) is 14.2. The number of nitrogens with zero attached hydrogens (tertiary/aromatic N) is 2. The minimum absolute atomic E-state index is 0.144. The van der Waals surface area contributed by atoms with Crippen molar-refractivity contribution in [2.75, 3.05) is 33.4 Å². The van der Waals surface area contributed by atoms with Gasteiger partial charge in [0.05, 0.1) is 26.0 Å². The zero-order valence-corrected chi connectivity index (χ0v) is 11.5. The van der Waals surface area contributed by atoms with Crippen LogP contribution in [0.15, 0.2) is 23.2 Å². The van der Waals surface area contributed by atoms with E-state index in [-0.39, 0.29) is 17.5 Å². The summed E-state index contributed by atoms with van der Waals surface area (Å²) in [6, 6.07) is 3.00. The number of nitrogens with two attached hydrogens (primary N) is 1. The van der Waals surface area contributed by atoms with Crippen LogP contribution >= 0.6 is 0 Å². The lowest BCUT2D eigenvalue weighted by molar-refractivity contribution is 0.00450. The molecular formula is C11H17N3O4S. The van der Waals surface area contributed by atoms with E-state index in [1.807, 2.05) is 0 Å². The van der Waals surface area contributed by atoms with Gasteiger partial charge in [-0.25, -0.2) is 13.4 Å². The first-order valence-electron chi connectivity index (χ1n) is 5.90. The van der Waals surface area contributed by atoms with Gasteiger partial charge < -0.3 is 15.2 Å². The van der Waals surface area contributed by atoms with Crippen LogP contribution in [0.2, 0.25) is 0 Å². The number of ether oxygens (including phenoxy) is 2. The van der Waals surface area contributed by atoms with E-state index >= 15 is 0 Å². The van der Waals surface area contributed by atoms with Gasteiger partial charge in [0, 0.05) is 25.7 Å². The Bertz CT molecular complexity index is 517. The predicted molar refractivity (Wildman–Crippen MR) is 68.3 cm³/mol. The summed E-state index contributed by atoms with van der Waals surface area (Å²) in [5.74, 6) is 0.376. The third-order valence-electron chi connectivity index (χ3n) is 2.92. The second kappa shape index (κ2) is 5.83. The number of aromatic nitrogens is 1.